The van der Waals surface area contributed by atoms with Crippen molar-refractivity contribution < 1.29 is 4.79 Å². The van der Waals surface area contributed by atoms with Gasteiger partial charge in [-0.25, -0.2) is 0 Å². The normalized spacial score (nSPS) is 10.6. The molecule has 3 aromatic rings. The highest BCUT2D eigenvalue weighted by molar-refractivity contribution is 9.10. The molecule has 0 unspecified atom stereocenters. The lowest BCUT2D eigenvalue weighted by Crippen LogP contribution is -2.21. The summed E-state index contributed by atoms with van der Waals surface area (Å²) in [6, 6.07) is 14.5. The minimum absolute atomic E-state index is 0.115. The van der Waals surface area contributed by atoms with Crippen LogP contribution in [0.1, 0.15) is 10.4 Å². The summed E-state index contributed by atoms with van der Waals surface area (Å²) in [5.41, 5.74) is 1.06. The fraction of sp³-hybridized carbons (Fsp3) is 0.0588. The molecule has 0 saturated heterocycles. The molecule has 0 fully saturated rings. The minimum atomic E-state index is -0.242. The third-order valence-corrected chi connectivity index (χ3v) is 3.97. The van der Waals surface area contributed by atoms with E-state index in [1.807, 2.05) is 30.3 Å². The molecule has 110 valence electrons. The zero-order valence-electron chi connectivity index (χ0n) is 11.8. The van der Waals surface area contributed by atoms with Gasteiger partial charge in [0.05, 0.1) is 5.56 Å². The van der Waals surface area contributed by atoms with E-state index in [-0.39, 0.29) is 11.5 Å². The first-order valence-electron chi connectivity index (χ1n) is 6.71. The molecule has 0 aliphatic carbocycles. The highest BCUT2D eigenvalue weighted by Crippen LogP contribution is 2.18. The number of halogens is 1. The Balaban J connectivity index is 2.06. The van der Waals surface area contributed by atoms with Crippen molar-refractivity contribution in [1.82, 2.24) is 4.57 Å². The largest absolute Gasteiger partial charge is 0.322 e. The van der Waals surface area contributed by atoms with E-state index in [1.54, 1.807) is 31.4 Å². The maximum Gasteiger partial charge on any atom is 0.258 e. The molecular weight excluding hydrogens is 344 g/mol. The van der Waals surface area contributed by atoms with E-state index >= 15 is 0 Å². The maximum absolute atomic E-state index is 12.5. The highest BCUT2D eigenvalue weighted by Gasteiger charge is 2.13. The second-order valence-electron chi connectivity index (χ2n) is 4.97. The van der Waals surface area contributed by atoms with Gasteiger partial charge < -0.3 is 9.88 Å². The molecule has 1 heterocycles. The van der Waals surface area contributed by atoms with Crippen LogP contribution in [0.2, 0.25) is 0 Å². The fourth-order valence-corrected chi connectivity index (χ4v) is 2.59. The van der Waals surface area contributed by atoms with E-state index in [9.17, 15) is 9.59 Å². The molecule has 22 heavy (non-hydrogen) atoms. The summed E-state index contributed by atoms with van der Waals surface area (Å²) in [5.74, 6) is -0.242. The number of carbonyl (C=O) groups is 1. The summed E-state index contributed by atoms with van der Waals surface area (Å²) in [6.07, 6.45) is 1.57. The molecule has 1 aromatic heterocycles. The molecule has 0 aliphatic heterocycles. The molecule has 0 spiro atoms. The molecule has 0 radical (unpaired) electrons. The van der Waals surface area contributed by atoms with E-state index in [1.165, 1.54) is 4.57 Å². The zero-order chi connectivity index (χ0) is 15.7. The number of rotatable bonds is 2. The smallest absolute Gasteiger partial charge is 0.258 e. The van der Waals surface area contributed by atoms with Crippen LogP contribution in [-0.4, -0.2) is 10.5 Å². The number of amides is 1. The van der Waals surface area contributed by atoms with Crippen LogP contribution in [0.4, 0.5) is 5.69 Å². The lowest BCUT2D eigenvalue weighted by atomic mass is 10.1. The Morgan fingerprint density at radius 2 is 1.68 bits per heavy atom. The van der Waals surface area contributed by atoms with Gasteiger partial charge in [0, 0.05) is 34.2 Å². The highest BCUT2D eigenvalue weighted by atomic mass is 79.9. The molecule has 0 atom stereocenters. The zero-order valence-corrected chi connectivity index (χ0v) is 13.4. The Bertz CT molecular complexity index is 914. The van der Waals surface area contributed by atoms with E-state index in [2.05, 4.69) is 21.2 Å². The van der Waals surface area contributed by atoms with Crippen molar-refractivity contribution in [3.63, 3.8) is 0 Å². The van der Waals surface area contributed by atoms with Gasteiger partial charge in [-0.1, -0.05) is 34.1 Å². The molecule has 0 aliphatic rings. The van der Waals surface area contributed by atoms with Crippen LogP contribution in [0.3, 0.4) is 0 Å². The third kappa shape index (κ3) is 2.67. The van der Waals surface area contributed by atoms with Gasteiger partial charge in [0.2, 0.25) is 0 Å². The van der Waals surface area contributed by atoms with Gasteiger partial charge in [-0.05, 0) is 30.3 Å². The first kappa shape index (κ1) is 14.5. The monoisotopic (exact) mass is 356 g/mol. The number of hydrogen-bond acceptors (Lipinski definition) is 2. The second-order valence-corrected chi connectivity index (χ2v) is 5.88. The van der Waals surface area contributed by atoms with Crippen molar-refractivity contribution >= 4 is 38.3 Å². The van der Waals surface area contributed by atoms with Crippen molar-refractivity contribution in [2.45, 2.75) is 0 Å². The lowest BCUT2D eigenvalue weighted by Gasteiger charge is -2.10. The van der Waals surface area contributed by atoms with Gasteiger partial charge in [0.1, 0.15) is 0 Å². The van der Waals surface area contributed by atoms with E-state index in [0.29, 0.717) is 22.0 Å². The molecule has 0 bridgehead atoms. The SMILES string of the molecule is Cn1cc(C(=O)Nc2ccc(Br)cc2)c2ccccc2c1=O. The van der Waals surface area contributed by atoms with Gasteiger partial charge in [-0.15, -0.1) is 0 Å². The van der Waals surface area contributed by atoms with E-state index in [4.69, 9.17) is 0 Å². The summed E-state index contributed by atoms with van der Waals surface area (Å²) >= 11 is 3.36. The van der Waals surface area contributed by atoms with Crippen molar-refractivity contribution in [3.8, 4) is 0 Å². The van der Waals surface area contributed by atoms with Crippen molar-refractivity contribution in [2.75, 3.05) is 5.32 Å². The number of nitrogens with one attached hydrogen (secondary N) is 1. The van der Waals surface area contributed by atoms with Gasteiger partial charge in [0.15, 0.2) is 0 Å². The Kier molecular flexibility index (Phi) is 3.81. The third-order valence-electron chi connectivity index (χ3n) is 3.44. The standard InChI is InChI=1S/C17H13BrN2O2/c1-20-10-15(13-4-2-3-5-14(13)17(20)22)16(21)19-12-8-6-11(18)7-9-12/h2-10H,1H3,(H,19,21). The summed E-state index contributed by atoms with van der Waals surface area (Å²) in [4.78, 5) is 24.7. The molecular formula is C17H13BrN2O2. The summed E-state index contributed by atoms with van der Waals surface area (Å²) in [6.45, 7) is 0. The van der Waals surface area contributed by atoms with Crippen LogP contribution in [0.25, 0.3) is 10.8 Å². The summed E-state index contributed by atoms with van der Waals surface area (Å²) in [5, 5.41) is 4.04. The summed E-state index contributed by atoms with van der Waals surface area (Å²) in [7, 11) is 1.64. The maximum atomic E-state index is 12.5. The van der Waals surface area contributed by atoms with Gasteiger partial charge in [-0.3, -0.25) is 9.59 Å². The number of aromatic nitrogens is 1. The van der Waals surface area contributed by atoms with Gasteiger partial charge in [0.25, 0.3) is 11.5 Å². The van der Waals surface area contributed by atoms with Crippen LogP contribution >= 0.6 is 15.9 Å². The van der Waals surface area contributed by atoms with Crippen molar-refractivity contribution in [3.05, 3.63) is 75.1 Å². The van der Waals surface area contributed by atoms with E-state index in [0.717, 1.165) is 4.47 Å². The number of fused-ring (bicyclic) bond motifs is 1. The molecule has 2 aromatic carbocycles. The van der Waals surface area contributed by atoms with Crippen LogP contribution < -0.4 is 10.9 Å². The van der Waals surface area contributed by atoms with E-state index < -0.39 is 0 Å². The van der Waals surface area contributed by atoms with Gasteiger partial charge in [-0.2, -0.15) is 0 Å². The Morgan fingerprint density at radius 1 is 1.05 bits per heavy atom. The number of pyridine rings is 1. The summed E-state index contributed by atoms with van der Waals surface area (Å²) < 4.78 is 2.37. The van der Waals surface area contributed by atoms with Crippen LogP contribution in [0, 0.1) is 0 Å². The first-order valence-corrected chi connectivity index (χ1v) is 7.51. The Morgan fingerprint density at radius 3 is 2.36 bits per heavy atom. The predicted molar refractivity (Wildman–Crippen MR) is 91.3 cm³/mol. The Hall–Kier alpha value is -2.40. The quantitative estimate of drug-likeness (QED) is 0.763. The Labute approximate surface area is 135 Å². The number of benzene rings is 2. The number of hydrogen-bond donors (Lipinski definition) is 1. The average molecular weight is 357 g/mol. The number of anilines is 1. The minimum Gasteiger partial charge on any atom is -0.322 e. The van der Waals surface area contributed by atoms with Gasteiger partial charge >= 0.3 is 0 Å². The van der Waals surface area contributed by atoms with Crippen LogP contribution in [0.5, 0.6) is 0 Å². The number of nitrogens with zero attached hydrogens (tertiary/aromatic N) is 1. The number of carbonyl (C=O) groups excluding carboxylic acids is 1. The van der Waals surface area contributed by atoms with Crippen LogP contribution in [-0.2, 0) is 7.05 Å². The molecule has 1 N–H and O–H groups in total. The predicted octanol–water partition coefficient (Wildman–Crippen LogP) is 3.55. The molecule has 3 rings (SSSR count). The van der Waals surface area contributed by atoms with Crippen molar-refractivity contribution in [2.24, 2.45) is 7.05 Å². The van der Waals surface area contributed by atoms with Crippen molar-refractivity contribution in [1.29, 1.82) is 0 Å². The van der Waals surface area contributed by atoms with Crippen LogP contribution in [0.15, 0.2) is 64.0 Å². The fourth-order valence-electron chi connectivity index (χ4n) is 2.33. The second kappa shape index (κ2) is 5.77. The molecule has 1 amide bonds. The first-order chi connectivity index (χ1) is 10.6. The average Bonchev–Trinajstić information content (AvgIpc) is 2.53. The lowest BCUT2D eigenvalue weighted by molar-refractivity contribution is 0.102. The molecule has 5 heteroatoms. The topological polar surface area (TPSA) is 51.1 Å². The number of aryl methyl sites for hydroxylation is 1. The molecule has 4 nitrogen and oxygen atoms in total. The molecule has 0 saturated carbocycles.